The van der Waals surface area contributed by atoms with E-state index in [1.54, 1.807) is 6.08 Å². The molecule has 0 aliphatic heterocycles. The van der Waals surface area contributed by atoms with E-state index in [0.29, 0.717) is 25.9 Å². The number of hydrogen-bond donors (Lipinski definition) is 3. The van der Waals surface area contributed by atoms with Crippen molar-refractivity contribution in [1.29, 1.82) is 0 Å². The summed E-state index contributed by atoms with van der Waals surface area (Å²) in [5, 5.41) is 30.7. The summed E-state index contributed by atoms with van der Waals surface area (Å²) in [5.74, 6) is -0.416. The molecule has 0 amide bonds. The molecule has 5 atom stereocenters. The van der Waals surface area contributed by atoms with Crippen LogP contribution in [-0.2, 0) is 9.53 Å². The lowest BCUT2D eigenvalue weighted by molar-refractivity contribution is -0.141. The zero-order valence-corrected chi connectivity index (χ0v) is 17.6. The van der Waals surface area contributed by atoms with Gasteiger partial charge in [0.05, 0.1) is 24.9 Å². The number of esters is 1. The van der Waals surface area contributed by atoms with Crippen LogP contribution in [0.1, 0.15) is 65.7 Å². The van der Waals surface area contributed by atoms with E-state index >= 15 is 0 Å². The third-order valence-electron chi connectivity index (χ3n) is 5.13. The number of aliphatic hydroxyl groups is 3. The van der Waals surface area contributed by atoms with Crippen molar-refractivity contribution in [2.75, 3.05) is 6.61 Å². The molecule has 0 aromatic carbocycles. The number of unbranched alkanes of at least 4 members (excludes halogenated alkanes) is 2. The van der Waals surface area contributed by atoms with E-state index in [2.05, 4.69) is 18.2 Å². The van der Waals surface area contributed by atoms with Crippen molar-refractivity contribution in [3.05, 3.63) is 36.0 Å². The quantitative estimate of drug-likeness (QED) is 0.267. The summed E-state index contributed by atoms with van der Waals surface area (Å²) in [5.41, 5.74) is 1.24. The molecular formula is C23H38O5. The van der Waals surface area contributed by atoms with Crippen molar-refractivity contribution in [3.63, 3.8) is 0 Å². The van der Waals surface area contributed by atoms with Gasteiger partial charge >= 0.3 is 5.97 Å². The van der Waals surface area contributed by atoms with Gasteiger partial charge in [0.2, 0.25) is 0 Å². The van der Waals surface area contributed by atoms with Gasteiger partial charge in [-0.15, -0.1) is 0 Å². The molecule has 5 heteroatoms. The van der Waals surface area contributed by atoms with Crippen LogP contribution in [-0.4, -0.2) is 46.2 Å². The summed E-state index contributed by atoms with van der Waals surface area (Å²) in [6, 6.07) is 0. The largest absolute Gasteiger partial charge is 0.466 e. The van der Waals surface area contributed by atoms with Crippen molar-refractivity contribution in [2.24, 2.45) is 11.8 Å². The van der Waals surface area contributed by atoms with E-state index in [1.807, 2.05) is 19.9 Å². The Morgan fingerprint density at radius 3 is 2.54 bits per heavy atom. The second kappa shape index (κ2) is 13.7. The Kier molecular flexibility index (Phi) is 12.0. The first-order valence-corrected chi connectivity index (χ1v) is 10.5. The van der Waals surface area contributed by atoms with Crippen molar-refractivity contribution < 1.29 is 24.9 Å². The molecule has 0 aromatic heterocycles. The standard InChI is InChI=1S/C23H38O5/c1-17(2)10-9-11-19(25)13-14-21-20(22(26)16-23(21)27)12-7-5-4-6-8-15-28-18(3)24/h5,7,10,13-14,19-23,25-27H,4,6,8-9,11-12,15-16H2,1-3H3/t19-,20-,21-,22+,23-/m1/s1. The van der Waals surface area contributed by atoms with Crippen LogP contribution in [0, 0.1) is 11.8 Å². The Balaban J connectivity index is 2.41. The maximum atomic E-state index is 10.7. The van der Waals surface area contributed by atoms with Crippen LogP contribution < -0.4 is 0 Å². The van der Waals surface area contributed by atoms with Gasteiger partial charge in [-0.3, -0.25) is 4.79 Å². The number of ether oxygens (including phenoxy) is 1. The highest BCUT2D eigenvalue weighted by Crippen LogP contribution is 2.36. The van der Waals surface area contributed by atoms with Gasteiger partial charge in [-0.05, 0) is 58.3 Å². The van der Waals surface area contributed by atoms with Crippen LogP contribution >= 0.6 is 0 Å². The molecular weight excluding hydrogens is 356 g/mol. The Morgan fingerprint density at radius 1 is 1.11 bits per heavy atom. The molecule has 1 rings (SSSR count). The fourth-order valence-electron chi connectivity index (χ4n) is 3.55. The summed E-state index contributed by atoms with van der Waals surface area (Å²) in [6.07, 6.45) is 13.5. The SMILES string of the molecule is CC(=O)OCCCCC=CC[C@@H]1[C@@H](C=C[C@H](O)CCC=C(C)C)[C@H](O)C[C@@H]1O. The van der Waals surface area contributed by atoms with Crippen molar-refractivity contribution >= 4 is 5.97 Å². The van der Waals surface area contributed by atoms with Crippen molar-refractivity contribution in [3.8, 4) is 0 Å². The molecule has 0 saturated heterocycles. The van der Waals surface area contributed by atoms with E-state index in [1.165, 1.54) is 12.5 Å². The highest BCUT2D eigenvalue weighted by atomic mass is 16.5. The minimum absolute atomic E-state index is 0.0338. The highest BCUT2D eigenvalue weighted by molar-refractivity contribution is 5.65. The highest BCUT2D eigenvalue weighted by Gasteiger charge is 2.39. The normalized spacial score (nSPS) is 26.1. The second-order valence-corrected chi connectivity index (χ2v) is 7.97. The van der Waals surface area contributed by atoms with Gasteiger partial charge in [-0.25, -0.2) is 0 Å². The molecule has 1 fully saturated rings. The molecule has 160 valence electrons. The lowest BCUT2D eigenvalue weighted by Crippen LogP contribution is -2.20. The first kappa shape index (κ1) is 24.6. The Bertz CT molecular complexity index is 533. The Morgan fingerprint density at radius 2 is 1.86 bits per heavy atom. The smallest absolute Gasteiger partial charge is 0.302 e. The summed E-state index contributed by atoms with van der Waals surface area (Å²) in [6.45, 7) is 5.95. The van der Waals surface area contributed by atoms with Gasteiger partial charge in [0.15, 0.2) is 0 Å². The van der Waals surface area contributed by atoms with Gasteiger partial charge in [-0.1, -0.05) is 36.0 Å². The van der Waals surface area contributed by atoms with Gasteiger partial charge in [0.1, 0.15) is 0 Å². The van der Waals surface area contributed by atoms with Crippen LogP contribution in [0.3, 0.4) is 0 Å². The maximum Gasteiger partial charge on any atom is 0.302 e. The van der Waals surface area contributed by atoms with Gasteiger partial charge < -0.3 is 20.1 Å². The van der Waals surface area contributed by atoms with Gasteiger partial charge in [-0.2, -0.15) is 0 Å². The molecule has 3 N–H and O–H groups in total. The summed E-state index contributed by atoms with van der Waals surface area (Å²) in [7, 11) is 0. The molecule has 0 unspecified atom stereocenters. The number of allylic oxidation sites excluding steroid dienone is 4. The molecule has 1 aliphatic rings. The fraction of sp³-hybridized carbons (Fsp3) is 0.696. The van der Waals surface area contributed by atoms with Crippen LogP contribution in [0.4, 0.5) is 0 Å². The molecule has 0 aromatic rings. The molecule has 0 spiro atoms. The molecule has 28 heavy (non-hydrogen) atoms. The third kappa shape index (κ3) is 10.2. The first-order chi connectivity index (χ1) is 13.3. The fourth-order valence-corrected chi connectivity index (χ4v) is 3.55. The van der Waals surface area contributed by atoms with Gasteiger partial charge in [0.25, 0.3) is 0 Å². The molecule has 1 aliphatic carbocycles. The molecule has 0 heterocycles. The van der Waals surface area contributed by atoms with Crippen LogP contribution in [0.15, 0.2) is 36.0 Å². The number of carbonyl (C=O) groups excluding carboxylic acids is 1. The average molecular weight is 395 g/mol. The Hall–Kier alpha value is -1.43. The number of hydrogen-bond acceptors (Lipinski definition) is 5. The monoisotopic (exact) mass is 394 g/mol. The number of carbonyl (C=O) groups is 1. The zero-order chi connectivity index (χ0) is 20.9. The molecule has 5 nitrogen and oxygen atoms in total. The number of aliphatic hydroxyl groups excluding tert-OH is 3. The van der Waals surface area contributed by atoms with Crippen LogP contribution in [0.5, 0.6) is 0 Å². The molecule has 1 saturated carbocycles. The van der Waals surface area contributed by atoms with Crippen molar-refractivity contribution in [2.45, 2.75) is 84.0 Å². The first-order valence-electron chi connectivity index (χ1n) is 10.5. The van der Waals surface area contributed by atoms with E-state index in [9.17, 15) is 20.1 Å². The second-order valence-electron chi connectivity index (χ2n) is 7.97. The lowest BCUT2D eigenvalue weighted by atomic mass is 9.89. The Labute approximate surface area is 169 Å². The third-order valence-corrected chi connectivity index (χ3v) is 5.13. The number of rotatable bonds is 12. The van der Waals surface area contributed by atoms with Crippen LogP contribution in [0.25, 0.3) is 0 Å². The van der Waals surface area contributed by atoms with Crippen LogP contribution in [0.2, 0.25) is 0 Å². The molecule has 0 bridgehead atoms. The minimum Gasteiger partial charge on any atom is -0.466 e. The summed E-state index contributed by atoms with van der Waals surface area (Å²) >= 11 is 0. The predicted molar refractivity (Wildman–Crippen MR) is 112 cm³/mol. The predicted octanol–water partition coefficient (Wildman–Crippen LogP) is 3.69. The lowest BCUT2D eigenvalue weighted by Gasteiger charge is -2.19. The zero-order valence-electron chi connectivity index (χ0n) is 17.6. The summed E-state index contributed by atoms with van der Waals surface area (Å²) < 4.78 is 4.90. The van der Waals surface area contributed by atoms with E-state index in [4.69, 9.17) is 4.74 Å². The minimum atomic E-state index is -0.571. The van der Waals surface area contributed by atoms with Crippen molar-refractivity contribution in [1.82, 2.24) is 0 Å². The van der Waals surface area contributed by atoms with E-state index < -0.39 is 18.3 Å². The van der Waals surface area contributed by atoms with E-state index in [0.717, 1.165) is 25.7 Å². The molecule has 0 radical (unpaired) electrons. The topological polar surface area (TPSA) is 87.0 Å². The summed E-state index contributed by atoms with van der Waals surface area (Å²) in [4.78, 5) is 10.7. The van der Waals surface area contributed by atoms with Gasteiger partial charge in [0, 0.05) is 19.3 Å². The average Bonchev–Trinajstić information content (AvgIpc) is 2.87. The maximum absolute atomic E-state index is 10.7. The van der Waals surface area contributed by atoms with E-state index in [-0.39, 0.29) is 17.8 Å².